The van der Waals surface area contributed by atoms with Crippen molar-refractivity contribution in [1.29, 1.82) is 0 Å². The van der Waals surface area contributed by atoms with E-state index < -0.39 is 24.3 Å². The van der Waals surface area contributed by atoms with Gasteiger partial charge in [-0.25, -0.2) is 4.79 Å². The van der Waals surface area contributed by atoms with E-state index in [1.165, 1.54) is 0 Å². The summed E-state index contributed by atoms with van der Waals surface area (Å²) in [4.78, 5) is 10.6. The largest absolute Gasteiger partial charge is 0.458 e. The lowest BCUT2D eigenvalue weighted by atomic mass is 10.0. The molecule has 1 fully saturated rings. The number of cyclic esters (lactones) is 1. The van der Waals surface area contributed by atoms with Crippen LogP contribution in [0.5, 0.6) is 0 Å². The van der Waals surface area contributed by atoms with Crippen LogP contribution in [0.1, 0.15) is 13.3 Å². The molecule has 0 aliphatic carbocycles. The van der Waals surface area contributed by atoms with Crippen LogP contribution < -0.4 is 0 Å². The van der Waals surface area contributed by atoms with Crippen molar-refractivity contribution in [2.75, 3.05) is 0 Å². The lowest BCUT2D eigenvalue weighted by molar-refractivity contribution is -0.177. The van der Waals surface area contributed by atoms with Crippen molar-refractivity contribution in [3.05, 3.63) is 0 Å². The Kier molecular flexibility index (Phi) is 1.92. The van der Waals surface area contributed by atoms with Crippen LogP contribution in [0.2, 0.25) is 0 Å². The first kappa shape index (κ1) is 7.50. The first-order valence-corrected chi connectivity index (χ1v) is 3.18. The van der Waals surface area contributed by atoms with E-state index in [1.807, 2.05) is 0 Å². The van der Waals surface area contributed by atoms with Crippen molar-refractivity contribution in [2.24, 2.45) is 0 Å². The zero-order valence-corrected chi connectivity index (χ0v) is 5.65. The molecule has 0 radical (unpaired) electrons. The van der Waals surface area contributed by atoms with Gasteiger partial charge in [0.2, 0.25) is 0 Å². The normalized spacial score (nSPS) is 41.1. The average Bonchev–Trinajstić information content (AvgIpc) is 1.84. The lowest BCUT2D eigenvalue weighted by Crippen LogP contribution is -2.42. The summed E-state index contributed by atoms with van der Waals surface area (Å²) in [5.41, 5.74) is 0. The molecule has 4 nitrogen and oxygen atoms in total. The van der Waals surface area contributed by atoms with Crippen molar-refractivity contribution in [3.63, 3.8) is 0 Å². The molecule has 10 heavy (non-hydrogen) atoms. The van der Waals surface area contributed by atoms with Crippen LogP contribution >= 0.6 is 0 Å². The first-order valence-electron chi connectivity index (χ1n) is 3.18. The van der Waals surface area contributed by atoms with E-state index in [2.05, 4.69) is 4.74 Å². The van der Waals surface area contributed by atoms with Crippen molar-refractivity contribution >= 4 is 5.97 Å². The van der Waals surface area contributed by atoms with Gasteiger partial charge in [-0.05, 0) is 6.92 Å². The molecule has 0 aromatic rings. The maximum absolute atomic E-state index is 10.6. The van der Waals surface area contributed by atoms with Crippen molar-refractivity contribution in [1.82, 2.24) is 0 Å². The van der Waals surface area contributed by atoms with Crippen LogP contribution in [0.4, 0.5) is 0 Å². The number of ether oxygens (including phenoxy) is 1. The number of esters is 1. The molecule has 2 N–H and O–H groups in total. The Morgan fingerprint density at radius 3 is 2.70 bits per heavy atom. The van der Waals surface area contributed by atoms with Gasteiger partial charge in [-0.2, -0.15) is 0 Å². The number of aliphatic hydroxyl groups is 2. The zero-order chi connectivity index (χ0) is 7.72. The highest BCUT2D eigenvalue weighted by molar-refractivity contribution is 5.75. The highest BCUT2D eigenvalue weighted by atomic mass is 16.6. The number of carbonyl (C=O) groups is 1. The quantitative estimate of drug-likeness (QED) is 0.432. The lowest BCUT2D eigenvalue weighted by Gasteiger charge is -2.27. The minimum atomic E-state index is -1.15. The second kappa shape index (κ2) is 2.56. The van der Waals surface area contributed by atoms with Crippen LogP contribution in [0.15, 0.2) is 0 Å². The minimum absolute atomic E-state index is 0.0833. The fraction of sp³-hybridized carbons (Fsp3) is 0.833. The van der Waals surface area contributed by atoms with Crippen LogP contribution in [0.25, 0.3) is 0 Å². The van der Waals surface area contributed by atoms with Gasteiger partial charge in [0.05, 0.1) is 6.10 Å². The van der Waals surface area contributed by atoms with E-state index in [0.717, 1.165) is 0 Å². The molecule has 1 rings (SSSR count). The zero-order valence-electron chi connectivity index (χ0n) is 5.65. The molecule has 0 saturated carbocycles. The van der Waals surface area contributed by atoms with Gasteiger partial charge in [0.1, 0.15) is 6.10 Å². The van der Waals surface area contributed by atoms with Crippen LogP contribution in [-0.4, -0.2) is 34.5 Å². The van der Waals surface area contributed by atoms with Gasteiger partial charge in [-0.1, -0.05) is 0 Å². The van der Waals surface area contributed by atoms with Crippen molar-refractivity contribution < 1.29 is 19.7 Å². The van der Waals surface area contributed by atoms with Gasteiger partial charge in [0.15, 0.2) is 6.10 Å². The third kappa shape index (κ3) is 1.27. The smallest absolute Gasteiger partial charge is 0.335 e. The Balaban J connectivity index is 2.54. The summed E-state index contributed by atoms with van der Waals surface area (Å²) in [6.07, 6.45) is -2.28. The fourth-order valence-electron chi connectivity index (χ4n) is 0.857. The highest BCUT2D eigenvalue weighted by Gasteiger charge is 2.32. The Hall–Kier alpha value is -0.610. The highest BCUT2D eigenvalue weighted by Crippen LogP contribution is 2.14. The molecule has 3 unspecified atom stereocenters. The molecule has 1 aliphatic rings. The Labute approximate surface area is 58.4 Å². The summed E-state index contributed by atoms with van der Waals surface area (Å²) in [6, 6.07) is 0. The summed E-state index contributed by atoms with van der Waals surface area (Å²) >= 11 is 0. The van der Waals surface area contributed by atoms with Gasteiger partial charge < -0.3 is 14.9 Å². The van der Waals surface area contributed by atoms with E-state index >= 15 is 0 Å². The molecule has 0 amide bonds. The van der Waals surface area contributed by atoms with Gasteiger partial charge in [-0.3, -0.25) is 0 Å². The van der Waals surface area contributed by atoms with E-state index in [1.54, 1.807) is 6.92 Å². The predicted molar refractivity (Wildman–Crippen MR) is 32.2 cm³/mol. The first-order chi connectivity index (χ1) is 4.61. The number of carbonyl (C=O) groups excluding carboxylic acids is 1. The maximum atomic E-state index is 10.6. The monoisotopic (exact) mass is 146 g/mol. The third-order valence-corrected chi connectivity index (χ3v) is 1.58. The van der Waals surface area contributed by atoms with Gasteiger partial charge in [-0.15, -0.1) is 0 Å². The minimum Gasteiger partial charge on any atom is -0.458 e. The average molecular weight is 146 g/mol. The molecular formula is C6H10O4. The van der Waals surface area contributed by atoms with Gasteiger partial charge in [0.25, 0.3) is 0 Å². The summed E-state index contributed by atoms with van der Waals surface area (Å²) in [5.74, 6) is -0.641. The van der Waals surface area contributed by atoms with Crippen LogP contribution in [-0.2, 0) is 9.53 Å². The van der Waals surface area contributed by atoms with Gasteiger partial charge in [0, 0.05) is 6.42 Å². The number of hydrogen-bond donors (Lipinski definition) is 2. The molecule has 58 valence electrons. The Morgan fingerprint density at radius 2 is 2.20 bits per heavy atom. The Bertz CT molecular complexity index is 145. The second-order valence-corrected chi connectivity index (χ2v) is 2.46. The number of hydrogen-bond acceptors (Lipinski definition) is 4. The molecule has 1 aliphatic heterocycles. The van der Waals surface area contributed by atoms with Crippen molar-refractivity contribution in [2.45, 2.75) is 31.7 Å². The molecule has 0 aromatic carbocycles. The molecule has 0 aromatic heterocycles. The van der Waals surface area contributed by atoms with E-state index in [9.17, 15) is 4.79 Å². The van der Waals surface area contributed by atoms with Crippen LogP contribution in [0, 0.1) is 0 Å². The topological polar surface area (TPSA) is 66.8 Å². The van der Waals surface area contributed by atoms with Gasteiger partial charge >= 0.3 is 5.97 Å². The van der Waals surface area contributed by atoms with E-state index in [-0.39, 0.29) is 6.42 Å². The fourth-order valence-corrected chi connectivity index (χ4v) is 0.857. The molecule has 4 heteroatoms. The third-order valence-electron chi connectivity index (χ3n) is 1.58. The summed E-state index contributed by atoms with van der Waals surface area (Å²) in [5, 5.41) is 17.9. The Morgan fingerprint density at radius 1 is 1.60 bits per heavy atom. The molecule has 1 heterocycles. The van der Waals surface area contributed by atoms with E-state index in [4.69, 9.17) is 10.2 Å². The summed E-state index contributed by atoms with van der Waals surface area (Å²) < 4.78 is 4.57. The molecule has 1 saturated heterocycles. The molecule has 3 atom stereocenters. The number of rotatable bonds is 0. The summed E-state index contributed by atoms with van der Waals surface area (Å²) in [7, 11) is 0. The SMILES string of the molecule is CC1OC(=O)C(O)CC1O. The molecular weight excluding hydrogens is 136 g/mol. The molecule has 0 bridgehead atoms. The standard InChI is InChI=1S/C6H10O4/c1-3-4(7)2-5(8)6(9)10-3/h3-5,7-8H,2H2,1H3. The van der Waals surface area contributed by atoms with Crippen molar-refractivity contribution in [3.8, 4) is 0 Å². The second-order valence-electron chi connectivity index (χ2n) is 2.46. The van der Waals surface area contributed by atoms with Crippen LogP contribution in [0.3, 0.4) is 0 Å². The maximum Gasteiger partial charge on any atom is 0.335 e. The number of aliphatic hydroxyl groups excluding tert-OH is 2. The summed E-state index contributed by atoms with van der Waals surface area (Å²) in [6.45, 7) is 1.59. The van der Waals surface area contributed by atoms with E-state index in [0.29, 0.717) is 0 Å². The predicted octanol–water partition coefficient (Wildman–Crippen LogP) is -0.956. The molecule has 0 spiro atoms.